The standard InChI is InChI=1S/C27H28F2N2O4/c1-4-34-24(35-5-2)16-30-26(32)19-10-9-17(3)21(15-19)18-11-13-20(14-12-18)31-27(33)25-22(28)7-6-8-23(25)29/h6-15,24H,4-5,16H2,1-3H3,(H,30,32)(H,31,33). The van der Waals surface area contributed by atoms with Gasteiger partial charge in [0.2, 0.25) is 0 Å². The number of anilines is 1. The fraction of sp³-hybridized carbons (Fsp3) is 0.259. The second kappa shape index (κ2) is 12.2. The fourth-order valence-corrected chi connectivity index (χ4v) is 3.53. The van der Waals surface area contributed by atoms with E-state index in [9.17, 15) is 18.4 Å². The van der Waals surface area contributed by atoms with Gasteiger partial charge in [-0.1, -0.05) is 24.3 Å². The van der Waals surface area contributed by atoms with Crippen molar-refractivity contribution in [2.45, 2.75) is 27.1 Å². The van der Waals surface area contributed by atoms with Crippen molar-refractivity contribution in [2.75, 3.05) is 25.1 Å². The Labute approximate surface area is 203 Å². The zero-order valence-electron chi connectivity index (χ0n) is 19.9. The molecule has 184 valence electrons. The summed E-state index contributed by atoms with van der Waals surface area (Å²) < 4.78 is 38.6. The summed E-state index contributed by atoms with van der Waals surface area (Å²) in [6.07, 6.45) is -0.514. The van der Waals surface area contributed by atoms with Crippen molar-refractivity contribution in [2.24, 2.45) is 0 Å². The molecule has 0 atom stereocenters. The number of halogens is 2. The molecule has 0 aliphatic rings. The lowest BCUT2D eigenvalue weighted by molar-refractivity contribution is -0.131. The number of nitrogens with one attached hydrogen (secondary N) is 2. The molecule has 0 spiro atoms. The molecule has 0 bridgehead atoms. The van der Waals surface area contributed by atoms with Crippen LogP contribution < -0.4 is 10.6 Å². The molecule has 3 rings (SSSR count). The highest BCUT2D eigenvalue weighted by molar-refractivity contribution is 6.04. The minimum atomic E-state index is -0.932. The minimum absolute atomic E-state index is 0.223. The van der Waals surface area contributed by atoms with Gasteiger partial charge in [-0.2, -0.15) is 0 Å². The molecule has 6 nitrogen and oxygen atoms in total. The molecule has 0 heterocycles. The lowest BCUT2D eigenvalue weighted by Crippen LogP contribution is -2.35. The van der Waals surface area contributed by atoms with Crippen LogP contribution in [0.3, 0.4) is 0 Å². The highest BCUT2D eigenvalue weighted by atomic mass is 19.1. The molecule has 0 aromatic heterocycles. The second-order valence-corrected chi connectivity index (χ2v) is 7.71. The third-order valence-corrected chi connectivity index (χ3v) is 5.28. The summed E-state index contributed by atoms with van der Waals surface area (Å²) in [5.74, 6) is -3.00. The monoisotopic (exact) mass is 482 g/mol. The van der Waals surface area contributed by atoms with Crippen LogP contribution in [0, 0.1) is 18.6 Å². The number of rotatable bonds is 10. The first-order valence-electron chi connectivity index (χ1n) is 11.3. The Balaban J connectivity index is 1.72. The molecular formula is C27H28F2N2O4. The molecule has 3 aromatic carbocycles. The number of amides is 2. The highest BCUT2D eigenvalue weighted by Gasteiger charge is 2.17. The predicted molar refractivity (Wildman–Crippen MR) is 130 cm³/mol. The van der Waals surface area contributed by atoms with Gasteiger partial charge in [0.25, 0.3) is 11.8 Å². The Morgan fingerprint density at radius 3 is 2.11 bits per heavy atom. The van der Waals surface area contributed by atoms with Crippen LogP contribution in [-0.2, 0) is 9.47 Å². The van der Waals surface area contributed by atoms with E-state index < -0.39 is 29.4 Å². The SMILES string of the molecule is CCOC(CNC(=O)c1ccc(C)c(-c2ccc(NC(=O)c3c(F)cccc3F)cc2)c1)OCC. The van der Waals surface area contributed by atoms with E-state index in [1.54, 1.807) is 36.4 Å². The maximum absolute atomic E-state index is 13.9. The van der Waals surface area contributed by atoms with Crippen molar-refractivity contribution in [1.82, 2.24) is 5.32 Å². The molecule has 0 aliphatic carbocycles. The van der Waals surface area contributed by atoms with E-state index in [1.165, 1.54) is 6.07 Å². The Morgan fingerprint density at radius 2 is 1.51 bits per heavy atom. The van der Waals surface area contributed by atoms with E-state index in [1.807, 2.05) is 26.8 Å². The quantitative estimate of drug-likeness (QED) is 0.384. The first-order valence-corrected chi connectivity index (χ1v) is 11.3. The third-order valence-electron chi connectivity index (χ3n) is 5.28. The summed E-state index contributed by atoms with van der Waals surface area (Å²) in [6, 6.07) is 15.4. The molecule has 2 amide bonds. The normalized spacial score (nSPS) is 10.9. The number of carbonyl (C=O) groups excluding carboxylic acids is 2. The smallest absolute Gasteiger partial charge is 0.261 e. The summed E-state index contributed by atoms with van der Waals surface area (Å²) >= 11 is 0. The summed E-state index contributed by atoms with van der Waals surface area (Å²) in [5, 5.41) is 5.33. The summed E-state index contributed by atoms with van der Waals surface area (Å²) in [5.41, 5.74) is 2.82. The van der Waals surface area contributed by atoms with Gasteiger partial charge in [-0.05, 0) is 73.9 Å². The first-order chi connectivity index (χ1) is 16.8. The van der Waals surface area contributed by atoms with E-state index in [0.29, 0.717) is 24.5 Å². The predicted octanol–water partition coefficient (Wildman–Crippen LogP) is 5.32. The van der Waals surface area contributed by atoms with Crippen LogP contribution in [0.15, 0.2) is 60.7 Å². The van der Waals surface area contributed by atoms with Crippen molar-refractivity contribution in [3.8, 4) is 11.1 Å². The summed E-state index contributed by atoms with van der Waals surface area (Å²) in [4.78, 5) is 25.0. The van der Waals surface area contributed by atoms with Crippen molar-refractivity contribution in [1.29, 1.82) is 0 Å². The zero-order chi connectivity index (χ0) is 25.4. The number of hydrogen-bond donors (Lipinski definition) is 2. The van der Waals surface area contributed by atoms with Gasteiger partial charge in [0, 0.05) is 24.5 Å². The van der Waals surface area contributed by atoms with E-state index in [4.69, 9.17) is 9.47 Å². The molecular weight excluding hydrogens is 454 g/mol. The average molecular weight is 483 g/mol. The van der Waals surface area contributed by atoms with Crippen LogP contribution in [0.4, 0.5) is 14.5 Å². The molecule has 0 saturated heterocycles. The van der Waals surface area contributed by atoms with E-state index in [-0.39, 0.29) is 12.5 Å². The van der Waals surface area contributed by atoms with Crippen LogP contribution >= 0.6 is 0 Å². The molecule has 35 heavy (non-hydrogen) atoms. The Bertz CT molecular complexity index is 1160. The highest BCUT2D eigenvalue weighted by Crippen LogP contribution is 2.26. The maximum atomic E-state index is 13.9. The number of hydrogen-bond acceptors (Lipinski definition) is 4. The molecule has 2 N–H and O–H groups in total. The number of ether oxygens (including phenoxy) is 2. The van der Waals surface area contributed by atoms with Gasteiger partial charge in [-0.15, -0.1) is 0 Å². The number of benzene rings is 3. The molecule has 0 unspecified atom stereocenters. The van der Waals surface area contributed by atoms with Crippen LogP contribution in [0.25, 0.3) is 11.1 Å². The molecule has 0 saturated carbocycles. The topological polar surface area (TPSA) is 76.7 Å². The number of aryl methyl sites for hydroxylation is 1. The van der Waals surface area contributed by atoms with E-state index in [2.05, 4.69) is 10.6 Å². The Morgan fingerprint density at radius 1 is 0.886 bits per heavy atom. The van der Waals surface area contributed by atoms with Crippen LogP contribution in [0.1, 0.15) is 40.1 Å². The van der Waals surface area contributed by atoms with Gasteiger partial charge >= 0.3 is 0 Å². The van der Waals surface area contributed by atoms with Gasteiger partial charge in [0.15, 0.2) is 6.29 Å². The minimum Gasteiger partial charge on any atom is -0.351 e. The molecule has 0 aliphatic heterocycles. The third kappa shape index (κ3) is 6.71. The average Bonchev–Trinajstić information content (AvgIpc) is 2.83. The van der Waals surface area contributed by atoms with Crippen LogP contribution in [0.2, 0.25) is 0 Å². The molecule has 0 radical (unpaired) electrons. The van der Waals surface area contributed by atoms with Crippen molar-refractivity contribution in [3.63, 3.8) is 0 Å². The zero-order valence-corrected chi connectivity index (χ0v) is 19.9. The van der Waals surface area contributed by atoms with E-state index >= 15 is 0 Å². The van der Waals surface area contributed by atoms with Gasteiger partial charge in [-0.3, -0.25) is 9.59 Å². The van der Waals surface area contributed by atoms with Crippen molar-refractivity contribution >= 4 is 17.5 Å². The van der Waals surface area contributed by atoms with Crippen LogP contribution in [-0.4, -0.2) is 37.9 Å². The summed E-state index contributed by atoms with van der Waals surface area (Å²) in [6.45, 7) is 6.81. The van der Waals surface area contributed by atoms with E-state index in [0.717, 1.165) is 28.8 Å². The second-order valence-electron chi connectivity index (χ2n) is 7.71. The maximum Gasteiger partial charge on any atom is 0.261 e. The molecule has 8 heteroatoms. The van der Waals surface area contributed by atoms with Gasteiger partial charge in [-0.25, -0.2) is 8.78 Å². The number of carbonyl (C=O) groups is 2. The lowest BCUT2D eigenvalue weighted by atomic mass is 9.97. The van der Waals surface area contributed by atoms with Gasteiger partial charge in [0.05, 0.1) is 6.54 Å². The molecule has 0 fully saturated rings. The van der Waals surface area contributed by atoms with Crippen LogP contribution in [0.5, 0.6) is 0 Å². The lowest BCUT2D eigenvalue weighted by Gasteiger charge is -2.17. The fourth-order valence-electron chi connectivity index (χ4n) is 3.53. The Kier molecular flexibility index (Phi) is 9.05. The largest absolute Gasteiger partial charge is 0.351 e. The Hall–Kier alpha value is -3.62. The van der Waals surface area contributed by atoms with Crippen molar-refractivity contribution in [3.05, 3.63) is 89.0 Å². The van der Waals surface area contributed by atoms with Gasteiger partial charge < -0.3 is 20.1 Å². The first kappa shape index (κ1) is 26.0. The van der Waals surface area contributed by atoms with Crippen molar-refractivity contribution < 1.29 is 27.8 Å². The van der Waals surface area contributed by atoms with Gasteiger partial charge in [0.1, 0.15) is 17.2 Å². The summed E-state index contributed by atoms with van der Waals surface area (Å²) in [7, 11) is 0. The molecule has 3 aromatic rings.